The third kappa shape index (κ3) is 3.23. The van der Waals surface area contributed by atoms with E-state index in [1.165, 1.54) is 10.5 Å². The van der Waals surface area contributed by atoms with Gasteiger partial charge in [0.1, 0.15) is 37.4 Å². The zero-order valence-electron chi connectivity index (χ0n) is 13.5. The van der Waals surface area contributed by atoms with Crippen LogP contribution in [0, 0.1) is 0 Å². The van der Waals surface area contributed by atoms with Crippen LogP contribution >= 0.6 is 0 Å². The van der Waals surface area contributed by atoms with Crippen molar-refractivity contribution in [3.63, 3.8) is 0 Å². The van der Waals surface area contributed by atoms with E-state index in [1.54, 1.807) is 6.07 Å². The first-order chi connectivity index (χ1) is 10.5. The number of hydrogen-bond acceptors (Lipinski definition) is 3. The summed E-state index contributed by atoms with van der Waals surface area (Å²) in [6.45, 7) is 9.11. The minimum Gasteiger partial charge on any atom is -0.423 e. The predicted octanol–water partition coefficient (Wildman–Crippen LogP) is 1.55. The molecule has 22 heavy (non-hydrogen) atoms. The smallest absolute Gasteiger partial charge is 0.336 e. The van der Waals surface area contributed by atoms with Crippen molar-refractivity contribution in [2.75, 3.05) is 13.1 Å². The lowest BCUT2D eigenvalue weighted by molar-refractivity contribution is -0.928. The predicted molar refractivity (Wildman–Crippen MR) is 86.3 cm³/mol. The molecule has 1 aliphatic rings. The van der Waals surface area contributed by atoms with Gasteiger partial charge >= 0.3 is 5.63 Å². The molecule has 1 fully saturated rings. The standard InChI is InChI=1S/C18H23NO3/c1-4-14-5-6-16-15(8-18(20)22-17(16)7-14)11-19-9-12(2)21-13(3)10-19/h5-8,12-13H,4,9-11H2,1-3H3/p+1/t12-,13-/m0/s1. The Balaban J connectivity index is 1.94. The molecule has 3 rings (SSSR count). The van der Waals surface area contributed by atoms with Crippen LogP contribution in [0.5, 0.6) is 0 Å². The lowest BCUT2D eigenvalue weighted by Gasteiger charge is -2.32. The van der Waals surface area contributed by atoms with Gasteiger partial charge in [0, 0.05) is 17.0 Å². The van der Waals surface area contributed by atoms with Gasteiger partial charge in [-0.25, -0.2) is 4.79 Å². The van der Waals surface area contributed by atoms with Crippen molar-refractivity contribution >= 4 is 11.0 Å². The van der Waals surface area contributed by atoms with Crippen molar-refractivity contribution < 1.29 is 14.1 Å². The maximum atomic E-state index is 11.9. The fraction of sp³-hybridized carbons (Fsp3) is 0.500. The van der Waals surface area contributed by atoms with E-state index in [0.717, 1.165) is 37.0 Å². The minimum absolute atomic E-state index is 0.260. The number of ether oxygens (including phenoxy) is 1. The van der Waals surface area contributed by atoms with E-state index in [0.29, 0.717) is 5.58 Å². The van der Waals surface area contributed by atoms with Gasteiger partial charge in [0.25, 0.3) is 0 Å². The Morgan fingerprint density at radius 1 is 1.18 bits per heavy atom. The second-order valence-corrected chi connectivity index (χ2v) is 6.37. The average molecular weight is 302 g/mol. The van der Waals surface area contributed by atoms with Crippen molar-refractivity contribution in [2.24, 2.45) is 0 Å². The monoisotopic (exact) mass is 302 g/mol. The molecule has 0 aliphatic carbocycles. The Kier molecular flexibility index (Phi) is 4.32. The molecule has 0 amide bonds. The Hall–Kier alpha value is -1.65. The summed E-state index contributed by atoms with van der Waals surface area (Å²) in [4.78, 5) is 13.3. The van der Waals surface area contributed by atoms with Crippen molar-refractivity contribution in [1.29, 1.82) is 0 Å². The van der Waals surface area contributed by atoms with Crippen molar-refractivity contribution in [1.82, 2.24) is 0 Å². The number of benzene rings is 1. The minimum atomic E-state index is -0.260. The fourth-order valence-corrected chi connectivity index (χ4v) is 3.44. The second kappa shape index (κ2) is 6.23. The molecular weight excluding hydrogens is 278 g/mol. The van der Waals surface area contributed by atoms with E-state index in [2.05, 4.69) is 32.9 Å². The van der Waals surface area contributed by atoms with E-state index < -0.39 is 0 Å². The average Bonchev–Trinajstić information content (AvgIpc) is 2.45. The van der Waals surface area contributed by atoms with Gasteiger partial charge in [-0.1, -0.05) is 19.1 Å². The quantitative estimate of drug-likeness (QED) is 0.875. The summed E-state index contributed by atoms with van der Waals surface area (Å²) in [6.07, 6.45) is 1.46. The highest BCUT2D eigenvalue weighted by molar-refractivity contribution is 5.80. The van der Waals surface area contributed by atoms with Crippen molar-refractivity contribution in [3.8, 4) is 0 Å². The first-order valence-electron chi connectivity index (χ1n) is 8.10. The van der Waals surface area contributed by atoms with Gasteiger partial charge in [0.2, 0.25) is 0 Å². The molecule has 4 heteroatoms. The third-order valence-electron chi connectivity index (χ3n) is 4.36. The van der Waals surface area contributed by atoms with Crippen molar-refractivity contribution in [3.05, 3.63) is 45.8 Å². The van der Waals surface area contributed by atoms with Gasteiger partial charge in [-0.05, 0) is 31.9 Å². The molecule has 0 bridgehead atoms. The van der Waals surface area contributed by atoms with E-state index in [4.69, 9.17) is 9.15 Å². The van der Waals surface area contributed by atoms with E-state index in [-0.39, 0.29) is 17.8 Å². The van der Waals surface area contributed by atoms with Gasteiger partial charge in [-0.3, -0.25) is 0 Å². The first-order valence-corrected chi connectivity index (χ1v) is 8.10. The second-order valence-electron chi connectivity index (χ2n) is 6.37. The summed E-state index contributed by atoms with van der Waals surface area (Å²) in [7, 11) is 0. The zero-order valence-corrected chi connectivity index (χ0v) is 13.5. The third-order valence-corrected chi connectivity index (χ3v) is 4.36. The lowest BCUT2D eigenvalue weighted by atomic mass is 10.1. The molecule has 4 nitrogen and oxygen atoms in total. The molecule has 118 valence electrons. The number of rotatable bonds is 3. The Morgan fingerprint density at radius 3 is 2.59 bits per heavy atom. The topological polar surface area (TPSA) is 43.9 Å². The summed E-state index contributed by atoms with van der Waals surface area (Å²) in [5, 5.41) is 1.05. The van der Waals surface area contributed by atoms with E-state index >= 15 is 0 Å². The zero-order chi connectivity index (χ0) is 15.7. The Morgan fingerprint density at radius 2 is 1.91 bits per heavy atom. The maximum Gasteiger partial charge on any atom is 0.336 e. The first kappa shape index (κ1) is 15.3. The van der Waals surface area contributed by atoms with Gasteiger partial charge in [-0.15, -0.1) is 0 Å². The van der Waals surface area contributed by atoms with Gasteiger partial charge < -0.3 is 14.1 Å². The molecule has 0 saturated carbocycles. The Bertz CT molecular complexity index is 712. The van der Waals surface area contributed by atoms with Crippen LogP contribution in [0.1, 0.15) is 31.9 Å². The molecule has 1 saturated heterocycles. The number of nitrogens with one attached hydrogen (secondary N) is 1. The van der Waals surface area contributed by atoms with Crippen molar-refractivity contribution in [2.45, 2.75) is 45.9 Å². The molecule has 2 aromatic rings. The molecule has 0 unspecified atom stereocenters. The van der Waals surface area contributed by atoms with Crippen LogP contribution in [0.15, 0.2) is 33.5 Å². The molecule has 1 aromatic heterocycles. The van der Waals surface area contributed by atoms with Crippen LogP contribution in [0.2, 0.25) is 0 Å². The molecule has 0 radical (unpaired) electrons. The molecule has 2 heterocycles. The van der Waals surface area contributed by atoms with E-state index in [9.17, 15) is 4.79 Å². The fourth-order valence-electron chi connectivity index (χ4n) is 3.44. The van der Waals surface area contributed by atoms with Gasteiger partial charge in [0.05, 0.1) is 0 Å². The van der Waals surface area contributed by atoms with Crippen LogP contribution in [0.25, 0.3) is 11.0 Å². The van der Waals surface area contributed by atoms with Crippen LogP contribution in [0.3, 0.4) is 0 Å². The number of fused-ring (bicyclic) bond motifs is 1. The van der Waals surface area contributed by atoms with Crippen LogP contribution in [-0.4, -0.2) is 25.3 Å². The molecule has 1 aromatic carbocycles. The summed E-state index contributed by atoms with van der Waals surface area (Å²) in [5.74, 6) is 0. The Labute approximate surface area is 130 Å². The molecule has 2 atom stereocenters. The van der Waals surface area contributed by atoms with Gasteiger partial charge in [-0.2, -0.15) is 0 Å². The molecular formula is C18H24NO3+. The maximum absolute atomic E-state index is 11.9. The molecule has 0 spiro atoms. The molecule has 1 aliphatic heterocycles. The lowest BCUT2D eigenvalue weighted by Crippen LogP contribution is -3.14. The highest BCUT2D eigenvalue weighted by atomic mass is 16.5. The van der Waals surface area contributed by atoms with E-state index in [1.807, 2.05) is 6.07 Å². The normalized spacial score (nSPS) is 25.5. The number of morpholine rings is 1. The SMILES string of the molecule is CCc1ccc2c(C[NH+]3C[C@H](C)O[C@@H](C)C3)cc(=O)oc2c1. The highest BCUT2D eigenvalue weighted by Gasteiger charge is 2.26. The number of quaternary nitrogens is 1. The summed E-state index contributed by atoms with van der Waals surface area (Å²) < 4.78 is 11.2. The van der Waals surface area contributed by atoms with Crippen LogP contribution in [0.4, 0.5) is 0 Å². The number of hydrogen-bond donors (Lipinski definition) is 1. The summed E-state index contributed by atoms with van der Waals surface area (Å²) in [6, 6.07) is 7.83. The summed E-state index contributed by atoms with van der Waals surface area (Å²) in [5.41, 5.74) is 2.71. The highest BCUT2D eigenvalue weighted by Crippen LogP contribution is 2.18. The molecule has 1 N–H and O–H groups in total. The van der Waals surface area contributed by atoms with Crippen LogP contribution < -0.4 is 10.5 Å². The number of aryl methyl sites for hydroxylation is 1. The summed E-state index contributed by atoms with van der Waals surface area (Å²) >= 11 is 0. The van der Waals surface area contributed by atoms with Gasteiger partial charge in [0.15, 0.2) is 0 Å². The van der Waals surface area contributed by atoms with Crippen LogP contribution in [-0.2, 0) is 17.7 Å². The largest absolute Gasteiger partial charge is 0.423 e.